The Hall–Kier alpha value is -5.10. The Morgan fingerprint density at radius 3 is 2.02 bits per heavy atom. The SMILES string of the molecule is CC(C)(C)c1ccc(N2CN(c3cccc(Oc4ccc5c(c4)N(c4cc(C(C)(C)C)ccn4)c4ncccc4[Se]5)c3)c3ccccc32)cc1. The Kier molecular flexibility index (Phi) is 7.93. The van der Waals surface area contributed by atoms with Crippen molar-refractivity contribution in [2.24, 2.45) is 0 Å². The maximum absolute atomic E-state index is 6.64. The van der Waals surface area contributed by atoms with E-state index in [1.54, 1.807) is 0 Å². The van der Waals surface area contributed by atoms with Gasteiger partial charge in [-0.15, -0.1) is 0 Å². The molecule has 4 aromatic carbocycles. The molecule has 0 bridgehead atoms. The minimum Gasteiger partial charge on any atom is -0.0564 e. The number of nitrogens with zero attached hydrogens (tertiary/aromatic N) is 5. The van der Waals surface area contributed by atoms with Crippen molar-refractivity contribution in [2.75, 3.05) is 21.4 Å². The van der Waals surface area contributed by atoms with Crippen molar-refractivity contribution >= 4 is 64.0 Å². The van der Waals surface area contributed by atoms with Crippen molar-refractivity contribution in [1.29, 1.82) is 0 Å². The predicted octanol–water partition coefficient (Wildman–Crippen LogP) is 9.55. The monoisotopic (exact) mass is 723 g/mol. The largest absolute Gasteiger partial charge is 0.0564 e. The molecule has 0 saturated carbocycles. The number of anilines is 7. The topological polar surface area (TPSA) is 44.7 Å². The van der Waals surface area contributed by atoms with E-state index >= 15 is 0 Å². The van der Waals surface area contributed by atoms with Crippen molar-refractivity contribution < 1.29 is 4.74 Å². The molecule has 8 rings (SSSR count). The predicted molar refractivity (Wildman–Crippen MR) is 208 cm³/mol. The van der Waals surface area contributed by atoms with Crippen LogP contribution in [0.15, 0.2) is 128 Å². The van der Waals surface area contributed by atoms with E-state index in [1.807, 2.05) is 24.5 Å². The molecular formula is C43H41N5OSe. The van der Waals surface area contributed by atoms with Gasteiger partial charge in [0.15, 0.2) is 0 Å². The number of hydrogen-bond donors (Lipinski definition) is 0. The summed E-state index contributed by atoms with van der Waals surface area (Å²) in [6.07, 6.45) is 3.77. The molecule has 6 aromatic rings. The maximum atomic E-state index is 6.64. The minimum atomic E-state index is -0.00701. The fraction of sp³-hybridized carbons (Fsp3) is 0.209. The second-order valence-corrected chi connectivity index (χ2v) is 17.2. The van der Waals surface area contributed by atoms with Crippen molar-refractivity contribution in [1.82, 2.24) is 9.97 Å². The van der Waals surface area contributed by atoms with Gasteiger partial charge in [0, 0.05) is 0 Å². The third-order valence-corrected chi connectivity index (χ3v) is 11.7. The van der Waals surface area contributed by atoms with Crippen molar-refractivity contribution in [3.8, 4) is 11.5 Å². The summed E-state index contributed by atoms with van der Waals surface area (Å²) >= 11 is 0.109. The molecule has 2 aliphatic heterocycles. The van der Waals surface area contributed by atoms with E-state index < -0.39 is 0 Å². The summed E-state index contributed by atoms with van der Waals surface area (Å²) in [5.41, 5.74) is 8.34. The Bertz CT molecular complexity index is 2200. The first-order valence-corrected chi connectivity index (χ1v) is 18.8. The van der Waals surface area contributed by atoms with E-state index in [0.29, 0.717) is 6.67 Å². The second-order valence-electron chi connectivity index (χ2n) is 14.9. The van der Waals surface area contributed by atoms with Gasteiger partial charge in [0.05, 0.1) is 0 Å². The molecule has 0 unspecified atom stereocenters. The normalized spacial score (nSPS) is 13.9. The smallest absolute Gasteiger partial charge is 0.0380 e. The molecule has 0 N–H and O–H groups in total. The van der Waals surface area contributed by atoms with E-state index in [-0.39, 0.29) is 25.8 Å². The van der Waals surface area contributed by atoms with Crippen LogP contribution in [0.25, 0.3) is 0 Å². The molecule has 0 amide bonds. The molecular weight excluding hydrogens is 681 g/mol. The van der Waals surface area contributed by atoms with Gasteiger partial charge in [0.2, 0.25) is 0 Å². The summed E-state index contributed by atoms with van der Waals surface area (Å²) in [5, 5.41) is 0. The zero-order valence-electron chi connectivity index (χ0n) is 29.4. The minimum absolute atomic E-state index is 0.00701. The van der Waals surface area contributed by atoms with Crippen LogP contribution in [0, 0.1) is 0 Å². The summed E-state index contributed by atoms with van der Waals surface area (Å²) < 4.78 is 9.15. The van der Waals surface area contributed by atoms with Crippen molar-refractivity contribution in [2.45, 2.75) is 52.4 Å². The maximum Gasteiger partial charge on any atom is -0.0380 e. The number of hydrogen-bond acceptors (Lipinski definition) is 6. The van der Waals surface area contributed by atoms with E-state index in [1.165, 1.54) is 37.1 Å². The van der Waals surface area contributed by atoms with Crippen LogP contribution in [0.2, 0.25) is 0 Å². The van der Waals surface area contributed by atoms with Crippen molar-refractivity contribution in [3.05, 3.63) is 139 Å². The Balaban J connectivity index is 1.10. The third kappa shape index (κ3) is 6.01. The first kappa shape index (κ1) is 32.1. The van der Waals surface area contributed by atoms with Crippen LogP contribution in [0.5, 0.6) is 11.5 Å². The molecule has 4 heterocycles. The van der Waals surface area contributed by atoms with E-state index in [4.69, 9.17) is 14.7 Å². The molecule has 50 heavy (non-hydrogen) atoms. The van der Waals surface area contributed by atoms with Gasteiger partial charge in [-0.3, -0.25) is 0 Å². The molecule has 0 spiro atoms. The average molecular weight is 723 g/mol. The molecule has 0 saturated heterocycles. The Labute approximate surface area is 301 Å². The molecule has 7 heteroatoms. The van der Waals surface area contributed by atoms with Gasteiger partial charge in [-0.1, -0.05) is 39.0 Å². The van der Waals surface area contributed by atoms with Crippen LogP contribution in [0.1, 0.15) is 52.7 Å². The molecule has 0 fully saturated rings. The molecule has 2 aromatic heterocycles. The molecule has 0 radical (unpaired) electrons. The zero-order valence-corrected chi connectivity index (χ0v) is 31.1. The molecule has 0 atom stereocenters. The fourth-order valence-corrected chi connectivity index (χ4v) is 8.69. The van der Waals surface area contributed by atoms with Gasteiger partial charge in [0.25, 0.3) is 0 Å². The number of benzene rings is 4. The quantitative estimate of drug-likeness (QED) is 0.165. The number of aromatic nitrogens is 2. The summed E-state index contributed by atoms with van der Waals surface area (Å²) in [5.74, 6) is 3.35. The van der Waals surface area contributed by atoms with Crippen LogP contribution in [-0.4, -0.2) is 31.6 Å². The molecule has 6 nitrogen and oxygen atoms in total. The third-order valence-electron chi connectivity index (χ3n) is 9.35. The number of pyridine rings is 2. The summed E-state index contributed by atoms with van der Waals surface area (Å²) in [6, 6.07) is 40.9. The van der Waals surface area contributed by atoms with Gasteiger partial charge in [0.1, 0.15) is 0 Å². The number of rotatable bonds is 5. The van der Waals surface area contributed by atoms with Crippen LogP contribution < -0.4 is 28.4 Å². The van der Waals surface area contributed by atoms with Crippen LogP contribution in [0.4, 0.5) is 40.1 Å². The zero-order chi connectivity index (χ0) is 34.6. The van der Waals surface area contributed by atoms with E-state index in [0.717, 1.165) is 34.5 Å². The van der Waals surface area contributed by atoms with Gasteiger partial charge < -0.3 is 0 Å². The first-order chi connectivity index (χ1) is 24.0. The summed E-state index contributed by atoms with van der Waals surface area (Å²) in [6.45, 7) is 14.2. The van der Waals surface area contributed by atoms with E-state index in [9.17, 15) is 0 Å². The number of fused-ring (bicyclic) bond motifs is 3. The van der Waals surface area contributed by atoms with Gasteiger partial charge >= 0.3 is 241 Å². The van der Waals surface area contributed by atoms with Crippen LogP contribution in [-0.2, 0) is 10.8 Å². The van der Waals surface area contributed by atoms with Crippen LogP contribution in [0.3, 0.4) is 0 Å². The molecule has 2 aliphatic rings. The van der Waals surface area contributed by atoms with Gasteiger partial charge in [-0.05, 0) is 23.1 Å². The molecule has 0 aliphatic carbocycles. The standard InChI is InChI=1S/C43H41N5OSe/c1-42(2,3)29-16-18-31(19-17-29)46-28-47(36-14-8-7-13-35(36)46)32-11-9-12-33(26-32)49-34-20-21-38-37(27-34)48(41-39(50-38)15-10-23-45-41)40-25-30(22-24-44-40)43(4,5)6/h7-27H,28H2,1-6H3. The van der Waals surface area contributed by atoms with Gasteiger partial charge in [-0.25, -0.2) is 0 Å². The Morgan fingerprint density at radius 1 is 0.560 bits per heavy atom. The average Bonchev–Trinajstić information content (AvgIpc) is 3.50. The summed E-state index contributed by atoms with van der Waals surface area (Å²) in [7, 11) is 0. The van der Waals surface area contributed by atoms with Crippen LogP contribution >= 0.6 is 0 Å². The van der Waals surface area contributed by atoms with Crippen molar-refractivity contribution in [3.63, 3.8) is 0 Å². The number of ether oxygens (including phenoxy) is 1. The van der Waals surface area contributed by atoms with Gasteiger partial charge in [-0.2, -0.15) is 0 Å². The molecule has 250 valence electrons. The fourth-order valence-electron chi connectivity index (χ4n) is 6.57. The number of para-hydroxylation sites is 2. The Morgan fingerprint density at radius 2 is 1.28 bits per heavy atom. The van der Waals surface area contributed by atoms with E-state index in [2.05, 4.69) is 159 Å². The summed E-state index contributed by atoms with van der Waals surface area (Å²) in [4.78, 5) is 16.6. The first-order valence-electron chi connectivity index (χ1n) is 17.1. The second kappa shape index (κ2) is 12.3.